The fourth-order valence-electron chi connectivity index (χ4n) is 2.64. The highest BCUT2D eigenvalue weighted by Crippen LogP contribution is 2.36. The van der Waals surface area contributed by atoms with E-state index in [-0.39, 0.29) is 11.8 Å². The van der Waals surface area contributed by atoms with E-state index in [9.17, 15) is 9.50 Å². The summed E-state index contributed by atoms with van der Waals surface area (Å²) in [4.78, 5) is 2.25. The van der Waals surface area contributed by atoms with Crippen molar-refractivity contribution < 1.29 is 9.50 Å². The summed E-state index contributed by atoms with van der Waals surface area (Å²) in [6, 6.07) is 2.77. The van der Waals surface area contributed by atoms with Crippen LogP contribution in [0.15, 0.2) is 24.8 Å². The van der Waals surface area contributed by atoms with Crippen molar-refractivity contribution in [2.75, 3.05) is 26.2 Å². The number of phenols is 1. The van der Waals surface area contributed by atoms with Crippen LogP contribution in [0.3, 0.4) is 0 Å². The minimum absolute atomic E-state index is 0.0386. The van der Waals surface area contributed by atoms with Crippen LogP contribution in [-0.4, -0.2) is 36.2 Å². The fraction of sp³-hybridized carbons (Fsp3) is 0.467. The number of halogens is 2. The van der Waals surface area contributed by atoms with E-state index < -0.39 is 5.82 Å². The molecule has 110 valence electrons. The second-order valence-electron chi connectivity index (χ2n) is 4.99. The molecule has 2 N–H and O–H groups in total. The van der Waals surface area contributed by atoms with Crippen LogP contribution in [0.5, 0.6) is 5.75 Å². The van der Waals surface area contributed by atoms with Gasteiger partial charge in [-0.25, -0.2) is 4.39 Å². The van der Waals surface area contributed by atoms with Crippen molar-refractivity contribution >= 4 is 11.6 Å². The van der Waals surface area contributed by atoms with E-state index in [2.05, 4.69) is 16.8 Å². The molecule has 1 saturated heterocycles. The van der Waals surface area contributed by atoms with Crippen LogP contribution in [0, 0.1) is 5.82 Å². The number of hydrogen-bond acceptors (Lipinski definition) is 3. The summed E-state index contributed by atoms with van der Waals surface area (Å²) in [5, 5.41) is 13.6. The Balaban J connectivity index is 2.31. The summed E-state index contributed by atoms with van der Waals surface area (Å²) in [5.41, 5.74) is 0.568. The molecule has 0 spiro atoms. The first kappa shape index (κ1) is 15.3. The highest BCUT2D eigenvalue weighted by molar-refractivity contribution is 6.30. The fourth-order valence-corrected chi connectivity index (χ4v) is 2.86. The van der Waals surface area contributed by atoms with Gasteiger partial charge in [-0.2, -0.15) is 0 Å². The van der Waals surface area contributed by atoms with Gasteiger partial charge in [0.2, 0.25) is 0 Å². The topological polar surface area (TPSA) is 35.5 Å². The van der Waals surface area contributed by atoms with Crippen LogP contribution in [0.2, 0.25) is 5.02 Å². The Kier molecular flexibility index (Phi) is 5.40. The maximum Gasteiger partial charge on any atom is 0.166 e. The molecule has 1 aliphatic rings. The maximum absolute atomic E-state index is 13.7. The molecule has 0 unspecified atom stereocenters. The Morgan fingerprint density at radius 1 is 1.45 bits per heavy atom. The van der Waals surface area contributed by atoms with E-state index in [4.69, 9.17) is 11.6 Å². The van der Waals surface area contributed by atoms with Gasteiger partial charge in [0.25, 0.3) is 0 Å². The maximum atomic E-state index is 13.7. The normalized spacial score (nSPS) is 17.9. The highest BCUT2D eigenvalue weighted by Gasteiger charge is 2.25. The SMILES string of the molecule is C=CCC[C@@H](c1cc(Cl)cc(F)c1O)N1CCNCC1. The number of rotatable bonds is 5. The van der Waals surface area contributed by atoms with Gasteiger partial charge >= 0.3 is 0 Å². The number of phenolic OH excluding ortho intramolecular Hbond substituents is 1. The molecule has 1 heterocycles. The Labute approximate surface area is 124 Å². The predicted octanol–water partition coefficient (Wildman–Crippen LogP) is 3.10. The number of nitrogens with zero attached hydrogens (tertiary/aromatic N) is 1. The van der Waals surface area contributed by atoms with Gasteiger partial charge in [-0.05, 0) is 25.0 Å². The monoisotopic (exact) mass is 298 g/mol. The van der Waals surface area contributed by atoms with Gasteiger partial charge in [0, 0.05) is 42.8 Å². The number of hydrogen-bond donors (Lipinski definition) is 2. The van der Waals surface area contributed by atoms with Crippen LogP contribution < -0.4 is 5.32 Å². The van der Waals surface area contributed by atoms with E-state index in [1.54, 1.807) is 6.07 Å². The van der Waals surface area contributed by atoms with Crippen molar-refractivity contribution in [3.8, 4) is 5.75 Å². The first-order chi connectivity index (χ1) is 9.63. The summed E-state index contributed by atoms with van der Waals surface area (Å²) in [6.07, 6.45) is 3.44. The van der Waals surface area contributed by atoms with Crippen LogP contribution >= 0.6 is 11.6 Å². The molecular weight excluding hydrogens is 279 g/mol. The number of allylic oxidation sites excluding steroid dienone is 1. The van der Waals surface area contributed by atoms with Gasteiger partial charge in [0.1, 0.15) is 0 Å². The number of nitrogens with one attached hydrogen (secondary N) is 1. The molecule has 0 bridgehead atoms. The third kappa shape index (κ3) is 3.51. The van der Waals surface area contributed by atoms with Gasteiger partial charge in [-0.3, -0.25) is 4.90 Å². The second kappa shape index (κ2) is 7.07. The van der Waals surface area contributed by atoms with Crippen LogP contribution in [0.4, 0.5) is 4.39 Å². The van der Waals surface area contributed by atoms with Crippen LogP contribution in [-0.2, 0) is 0 Å². The van der Waals surface area contributed by atoms with Gasteiger partial charge in [-0.15, -0.1) is 6.58 Å². The summed E-state index contributed by atoms with van der Waals surface area (Å²) in [6.45, 7) is 7.27. The summed E-state index contributed by atoms with van der Waals surface area (Å²) in [5.74, 6) is -0.951. The van der Waals surface area contributed by atoms with Gasteiger partial charge in [-0.1, -0.05) is 17.7 Å². The van der Waals surface area contributed by atoms with Crippen molar-refractivity contribution in [3.63, 3.8) is 0 Å². The number of aromatic hydroxyl groups is 1. The van der Waals surface area contributed by atoms with E-state index >= 15 is 0 Å². The predicted molar refractivity (Wildman–Crippen MR) is 79.7 cm³/mol. The summed E-state index contributed by atoms with van der Waals surface area (Å²) < 4.78 is 13.7. The van der Waals surface area contributed by atoms with Crippen LogP contribution in [0.1, 0.15) is 24.4 Å². The Hall–Kier alpha value is -1.10. The third-order valence-electron chi connectivity index (χ3n) is 3.65. The lowest BCUT2D eigenvalue weighted by atomic mass is 9.98. The molecule has 0 aliphatic carbocycles. The van der Waals surface area contributed by atoms with E-state index in [0.717, 1.165) is 45.1 Å². The zero-order valence-electron chi connectivity index (χ0n) is 11.4. The lowest BCUT2D eigenvalue weighted by molar-refractivity contribution is 0.163. The average Bonchev–Trinajstić information content (AvgIpc) is 2.45. The Bertz CT molecular complexity index is 475. The molecule has 2 rings (SSSR count). The van der Waals surface area contributed by atoms with E-state index in [1.165, 1.54) is 0 Å². The first-order valence-electron chi connectivity index (χ1n) is 6.87. The van der Waals surface area contributed by atoms with Crippen molar-refractivity contribution in [1.29, 1.82) is 0 Å². The number of benzene rings is 1. The lowest BCUT2D eigenvalue weighted by Crippen LogP contribution is -2.45. The van der Waals surface area contributed by atoms with Crippen molar-refractivity contribution in [3.05, 3.63) is 41.2 Å². The second-order valence-corrected chi connectivity index (χ2v) is 5.43. The zero-order valence-corrected chi connectivity index (χ0v) is 12.2. The molecule has 5 heteroatoms. The smallest absolute Gasteiger partial charge is 0.166 e. The Morgan fingerprint density at radius 3 is 2.80 bits per heavy atom. The molecule has 1 atom stereocenters. The zero-order chi connectivity index (χ0) is 14.5. The van der Waals surface area contributed by atoms with Crippen molar-refractivity contribution in [1.82, 2.24) is 10.2 Å². The van der Waals surface area contributed by atoms with Crippen LogP contribution in [0.25, 0.3) is 0 Å². The molecule has 1 fully saturated rings. The van der Waals surface area contributed by atoms with E-state index in [0.29, 0.717) is 10.6 Å². The largest absolute Gasteiger partial charge is 0.505 e. The van der Waals surface area contributed by atoms with E-state index in [1.807, 2.05) is 6.08 Å². The molecule has 0 radical (unpaired) electrons. The van der Waals surface area contributed by atoms with Gasteiger partial charge < -0.3 is 10.4 Å². The minimum atomic E-state index is -0.661. The molecule has 3 nitrogen and oxygen atoms in total. The van der Waals surface area contributed by atoms with Gasteiger partial charge in [0.05, 0.1) is 0 Å². The molecule has 1 aromatic carbocycles. The molecule has 0 aromatic heterocycles. The van der Waals surface area contributed by atoms with Crippen molar-refractivity contribution in [2.45, 2.75) is 18.9 Å². The van der Waals surface area contributed by atoms with Gasteiger partial charge in [0.15, 0.2) is 11.6 Å². The Morgan fingerprint density at radius 2 is 2.15 bits per heavy atom. The third-order valence-corrected chi connectivity index (χ3v) is 3.87. The molecule has 0 saturated carbocycles. The summed E-state index contributed by atoms with van der Waals surface area (Å²) >= 11 is 5.94. The molecule has 0 amide bonds. The standard InChI is InChI=1S/C15H20ClFN2O/c1-2-3-4-14(19-7-5-18-6-8-19)12-9-11(16)10-13(17)15(12)20/h2,9-10,14,18,20H,1,3-8H2/t14-/m0/s1. The molecule has 1 aromatic rings. The minimum Gasteiger partial charge on any atom is -0.505 e. The quantitative estimate of drug-likeness (QED) is 0.820. The lowest BCUT2D eigenvalue weighted by Gasteiger charge is -2.35. The molecule has 1 aliphatic heterocycles. The summed E-state index contributed by atoms with van der Waals surface area (Å²) in [7, 11) is 0. The van der Waals surface area contributed by atoms with Crippen molar-refractivity contribution in [2.24, 2.45) is 0 Å². The average molecular weight is 299 g/mol. The molecular formula is C15H20ClFN2O. The molecule has 20 heavy (non-hydrogen) atoms. The first-order valence-corrected chi connectivity index (χ1v) is 7.25. The highest BCUT2D eigenvalue weighted by atomic mass is 35.5. The number of piperazine rings is 1.